The highest BCUT2D eigenvalue weighted by atomic mass is 35.5. The zero-order valence-corrected chi connectivity index (χ0v) is 17.6. The molecular formula is C21H21BClF4N3O. The predicted molar refractivity (Wildman–Crippen MR) is 115 cm³/mol. The number of alkyl halides is 3. The van der Waals surface area contributed by atoms with Crippen LogP contribution in [-0.2, 0) is 12.7 Å². The molecule has 1 aromatic heterocycles. The minimum Gasteiger partial charge on any atom is -0.437 e. The van der Waals surface area contributed by atoms with Crippen LogP contribution >= 0.6 is 11.6 Å². The van der Waals surface area contributed by atoms with Crippen molar-refractivity contribution in [2.75, 3.05) is 31.1 Å². The van der Waals surface area contributed by atoms with Gasteiger partial charge in [-0.15, -0.1) is 0 Å². The lowest BCUT2D eigenvalue weighted by Crippen LogP contribution is -2.51. The number of aromatic nitrogens is 1. The Bertz CT molecular complexity index is 1090. The second-order valence-corrected chi connectivity index (χ2v) is 8.13. The highest BCUT2D eigenvalue weighted by molar-refractivity contribution is 6.45. The summed E-state index contributed by atoms with van der Waals surface area (Å²) < 4.78 is 56.7. The molecule has 1 fully saturated rings. The summed E-state index contributed by atoms with van der Waals surface area (Å²) in [6.07, 6.45) is -4.56. The molecule has 0 unspecified atom stereocenters. The van der Waals surface area contributed by atoms with E-state index in [1.807, 2.05) is 15.8 Å². The molecule has 10 heteroatoms. The maximum Gasteiger partial charge on any atom is 0.431 e. The van der Waals surface area contributed by atoms with Gasteiger partial charge in [0.1, 0.15) is 11.5 Å². The minimum atomic E-state index is -4.56. The molecule has 164 valence electrons. The van der Waals surface area contributed by atoms with E-state index in [9.17, 15) is 22.6 Å². The largest absolute Gasteiger partial charge is 0.437 e. The topological polar surface area (TPSA) is 31.6 Å². The van der Waals surface area contributed by atoms with Crippen LogP contribution in [0.3, 0.4) is 0 Å². The van der Waals surface area contributed by atoms with Crippen LogP contribution in [0.1, 0.15) is 11.3 Å². The van der Waals surface area contributed by atoms with Gasteiger partial charge >= 0.3 is 13.2 Å². The molecular weight excluding hydrogens is 433 g/mol. The second kappa shape index (κ2) is 8.37. The number of halogens is 5. The van der Waals surface area contributed by atoms with Crippen molar-refractivity contribution < 1.29 is 22.6 Å². The number of nitrogens with zero attached hydrogens (tertiary/aromatic N) is 3. The SMILES string of the molecule is CB(O)N1CCN(c2cccc3c2cc(C(F)(F)F)n3Cc2ccc(Cl)c(F)c2)CC1. The smallest absolute Gasteiger partial charge is 0.431 e. The van der Waals surface area contributed by atoms with E-state index in [1.54, 1.807) is 19.0 Å². The summed E-state index contributed by atoms with van der Waals surface area (Å²) in [7, 11) is -0.560. The van der Waals surface area contributed by atoms with E-state index in [0.717, 1.165) is 12.1 Å². The van der Waals surface area contributed by atoms with Gasteiger partial charge < -0.3 is 19.3 Å². The van der Waals surface area contributed by atoms with Gasteiger partial charge in [0.2, 0.25) is 0 Å². The van der Waals surface area contributed by atoms with E-state index < -0.39 is 24.7 Å². The molecule has 0 radical (unpaired) electrons. The standard InChI is InChI=1S/C21H21BClF4N3O/c1-22(31)29-9-7-28(8-10-29)18-3-2-4-19-15(18)12-20(21(25,26)27)30(19)13-14-5-6-16(23)17(24)11-14/h2-6,11-12,31H,7-10,13H2,1H3. The van der Waals surface area contributed by atoms with Gasteiger partial charge in [0.05, 0.1) is 10.5 Å². The molecule has 0 saturated carbocycles. The van der Waals surface area contributed by atoms with Crippen molar-refractivity contribution in [2.24, 2.45) is 0 Å². The number of benzene rings is 2. The molecule has 31 heavy (non-hydrogen) atoms. The van der Waals surface area contributed by atoms with Gasteiger partial charge in [0.25, 0.3) is 0 Å². The highest BCUT2D eigenvalue weighted by Crippen LogP contribution is 2.38. The molecule has 0 aliphatic carbocycles. The van der Waals surface area contributed by atoms with Gasteiger partial charge in [-0.3, -0.25) is 0 Å². The minimum absolute atomic E-state index is 0.0733. The van der Waals surface area contributed by atoms with Crippen LogP contribution in [0.4, 0.5) is 23.2 Å². The summed E-state index contributed by atoms with van der Waals surface area (Å²) in [6.45, 7) is 3.99. The fourth-order valence-corrected chi connectivity index (χ4v) is 4.22. The number of hydrogen-bond acceptors (Lipinski definition) is 3. The third kappa shape index (κ3) is 4.40. The van der Waals surface area contributed by atoms with Gasteiger partial charge in [-0.1, -0.05) is 23.7 Å². The quantitative estimate of drug-likeness (QED) is 0.458. The molecule has 4 rings (SSSR count). The lowest BCUT2D eigenvalue weighted by Gasteiger charge is -2.37. The average Bonchev–Trinajstić information content (AvgIpc) is 3.10. The molecule has 0 atom stereocenters. The van der Waals surface area contributed by atoms with Gasteiger partial charge in [0.15, 0.2) is 0 Å². The Kier molecular flexibility index (Phi) is 5.94. The van der Waals surface area contributed by atoms with Crippen LogP contribution < -0.4 is 4.90 Å². The summed E-state index contributed by atoms with van der Waals surface area (Å²) in [6, 6.07) is 10.4. The first-order valence-corrected chi connectivity index (χ1v) is 10.3. The number of fused-ring (bicyclic) bond motifs is 1. The first kappa shape index (κ1) is 22.0. The Hall–Kier alpha value is -2.23. The first-order valence-electron chi connectivity index (χ1n) is 9.95. The van der Waals surface area contributed by atoms with Gasteiger partial charge in [-0.25, -0.2) is 4.39 Å². The molecule has 1 saturated heterocycles. The van der Waals surface area contributed by atoms with E-state index in [4.69, 9.17) is 11.6 Å². The fourth-order valence-electron chi connectivity index (χ4n) is 4.11. The van der Waals surface area contributed by atoms with Crippen molar-refractivity contribution in [3.05, 3.63) is 64.6 Å². The predicted octanol–water partition coefficient (Wildman–Crippen LogP) is 4.73. The maximum atomic E-state index is 13.9. The van der Waals surface area contributed by atoms with Gasteiger partial charge in [-0.2, -0.15) is 13.2 Å². The van der Waals surface area contributed by atoms with Crippen molar-refractivity contribution in [2.45, 2.75) is 19.5 Å². The molecule has 0 amide bonds. The van der Waals surface area contributed by atoms with Crippen LogP contribution in [-0.4, -0.2) is 47.6 Å². The van der Waals surface area contributed by atoms with Crippen molar-refractivity contribution in [1.82, 2.24) is 9.38 Å². The second-order valence-electron chi connectivity index (χ2n) is 7.73. The molecule has 2 aromatic carbocycles. The third-order valence-electron chi connectivity index (χ3n) is 5.72. The van der Waals surface area contributed by atoms with Crippen molar-refractivity contribution >= 4 is 35.2 Å². The van der Waals surface area contributed by atoms with Crippen LogP contribution in [0.15, 0.2) is 42.5 Å². The Labute approximate surface area is 182 Å². The summed E-state index contributed by atoms with van der Waals surface area (Å²) in [5, 5.41) is 10.2. The molecule has 1 aliphatic rings. The molecule has 1 N–H and O–H groups in total. The number of anilines is 1. The molecule has 0 spiro atoms. The van der Waals surface area contributed by atoms with Crippen LogP contribution in [0.5, 0.6) is 0 Å². The van der Waals surface area contributed by atoms with Crippen LogP contribution in [0, 0.1) is 5.82 Å². The number of piperazine rings is 1. The summed E-state index contributed by atoms with van der Waals surface area (Å²) in [5.41, 5.74) is 0.751. The Morgan fingerprint density at radius 1 is 1.06 bits per heavy atom. The summed E-state index contributed by atoms with van der Waals surface area (Å²) in [5.74, 6) is -0.666. The molecule has 1 aliphatic heterocycles. The number of rotatable bonds is 4. The first-order chi connectivity index (χ1) is 14.6. The Balaban J connectivity index is 1.76. The van der Waals surface area contributed by atoms with E-state index in [2.05, 4.69) is 0 Å². The Morgan fingerprint density at radius 3 is 2.39 bits per heavy atom. The number of hydrogen-bond donors (Lipinski definition) is 1. The van der Waals surface area contributed by atoms with Gasteiger partial charge in [0, 0.05) is 43.8 Å². The lowest BCUT2D eigenvalue weighted by molar-refractivity contribution is -0.143. The monoisotopic (exact) mass is 453 g/mol. The van der Waals surface area contributed by atoms with Crippen molar-refractivity contribution in [1.29, 1.82) is 0 Å². The van der Waals surface area contributed by atoms with E-state index in [0.29, 0.717) is 48.3 Å². The van der Waals surface area contributed by atoms with Crippen LogP contribution in [0.25, 0.3) is 10.9 Å². The zero-order valence-electron chi connectivity index (χ0n) is 16.8. The molecule has 3 aromatic rings. The normalized spacial score (nSPS) is 15.6. The van der Waals surface area contributed by atoms with E-state index >= 15 is 0 Å². The average molecular weight is 454 g/mol. The Morgan fingerprint density at radius 2 is 1.77 bits per heavy atom. The maximum absolute atomic E-state index is 13.9. The zero-order chi connectivity index (χ0) is 22.3. The summed E-state index contributed by atoms with van der Waals surface area (Å²) >= 11 is 5.71. The van der Waals surface area contributed by atoms with E-state index in [-0.39, 0.29) is 11.6 Å². The van der Waals surface area contributed by atoms with Crippen LogP contribution in [0.2, 0.25) is 11.8 Å². The molecule has 0 bridgehead atoms. The van der Waals surface area contributed by atoms with Gasteiger partial charge in [-0.05, 0) is 42.7 Å². The third-order valence-corrected chi connectivity index (χ3v) is 6.03. The molecule has 2 heterocycles. The summed E-state index contributed by atoms with van der Waals surface area (Å²) in [4.78, 5) is 3.95. The lowest BCUT2D eigenvalue weighted by atomic mass is 9.84. The van der Waals surface area contributed by atoms with Crippen molar-refractivity contribution in [3.8, 4) is 0 Å². The fraction of sp³-hybridized carbons (Fsp3) is 0.333. The highest BCUT2D eigenvalue weighted by Gasteiger charge is 2.36. The van der Waals surface area contributed by atoms with Crippen molar-refractivity contribution in [3.63, 3.8) is 0 Å². The molecule has 4 nitrogen and oxygen atoms in total. The van der Waals surface area contributed by atoms with E-state index in [1.165, 1.54) is 16.7 Å².